The Labute approximate surface area is 123 Å². The maximum atomic E-state index is 12.8. The molecule has 2 N–H and O–H groups in total. The Morgan fingerprint density at radius 2 is 1.90 bits per heavy atom. The summed E-state index contributed by atoms with van der Waals surface area (Å²) in [5, 5.41) is 0. The van der Waals surface area contributed by atoms with Gasteiger partial charge in [-0.05, 0) is 55.6 Å². The van der Waals surface area contributed by atoms with Crippen molar-refractivity contribution in [1.82, 2.24) is 0 Å². The van der Waals surface area contributed by atoms with Crippen LogP contribution in [-0.4, -0.2) is 5.54 Å². The van der Waals surface area contributed by atoms with Crippen LogP contribution in [0.3, 0.4) is 0 Å². The van der Waals surface area contributed by atoms with E-state index in [9.17, 15) is 13.2 Å². The van der Waals surface area contributed by atoms with Crippen molar-refractivity contribution in [2.75, 3.05) is 0 Å². The molecule has 1 nitrogen and oxygen atoms in total. The van der Waals surface area contributed by atoms with Crippen molar-refractivity contribution in [3.8, 4) is 0 Å². The van der Waals surface area contributed by atoms with E-state index in [0.29, 0.717) is 17.9 Å². The first-order chi connectivity index (χ1) is 9.86. The predicted octanol–water partition coefficient (Wildman–Crippen LogP) is 4.55. The van der Waals surface area contributed by atoms with Gasteiger partial charge in [-0.1, -0.05) is 31.0 Å². The summed E-state index contributed by atoms with van der Waals surface area (Å²) >= 11 is 0. The lowest BCUT2D eigenvalue weighted by molar-refractivity contribution is -0.137. The first-order valence-electron chi connectivity index (χ1n) is 7.81. The second-order valence-corrected chi connectivity index (χ2v) is 6.93. The minimum atomic E-state index is -4.28. The second-order valence-electron chi connectivity index (χ2n) is 6.93. The van der Waals surface area contributed by atoms with Crippen LogP contribution in [0.15, 0.2) is 24.3 Å². The van der Waals surface area contributed by atoms with Crippen LogP contribution in [0.2, 0.25) is 0 Å². The van der Waals surface area contributed by atoms with E-state index < -0.39 is 11.7 Å². The minimum absolute atomic E-state index is 0.324. The molecule has 0 heterocycles. The van der Waals surface area contributed by atoms with Crippen LogP contribution < -0.4 is 5.73 Å². The van der Waals surface area contributed by atoms with Gasteiger partial charge in [-0.3, -0.25) is 0 Å². The van der Waals surface area contributed by atoms with Crippen LogP contribution in [0.4, 0.5) is 13.2 Å². The highest BCUT2D eigenvalue weighted by atomic mass is 19.4. The van der Waals surface area contributed by atoms with E-state index in [1.54, 1.807) is 6.07 Å². The monoisotopic (exact) mass is 297 g/mol. The van der Waals surface area contributed by atoms with Crippen molar-refractivity contribution < 1.29 is 13.2 Å². The summed E-state index contributed by atoms with van der Waals surface area (Å²) in [5.74, 6) is 1.52. The van der Waals surface area contributed by atoms with Crippen LogP contribution >= 0.6 is 0 Å². The highest BCUT2D eigenvalue weighted by Gasteiger charge is 2.40. The lowest BCUT2D eigenvalue weighted by Crippen LogP contribution is -2.46. The molecule has 0 spiro atoms. The van der Waals surface area contributed by atoms with Crippen molar-refractivity contribution in [3.05, 3.63) is 35.4 Å². The van der Waals surface area contributed by atoms with Gasteiger partial charge in [-0.15, -0.1) is 0 Å². The summed E-state index contributed by atoms with van der Waals surface area (Å²) in [4.78, 5) is 0. The second kappa shape index (κ2) is 5.31. The average Bonchev–Trinajstić information content (AvgIpc) is 3.21. The van der Waals surface area contributed by atoms with Gasteiger partial charge in [0.25, 0.3) is 0 Å². The van der Waals surface area contributed by atoms with Gasteiger partial charge in [0.2, 0.25) is 0 Å². The average molecular weight is 297 g/mol. The van der Waals surface area contributed by atoms with Gasteiger partial charge in [-0.25, -0.2) is 0 Å². The molecular weight excluding hydrogens is 275 g/mol. The molecule has 0 saturated heterocycles. The molecule has 2 saturated carbocycles. The molecule has 0 aromatic heterocycles. The summed E-state index contributed by atoms with van der Waals surface area (Å²) in [6.45, 7) is 0. The number of nitrogens with two attached hydrogens (primary N) is 1. The quantitative estimate of drug-likeness (QED) is 0.870. The van der Waals surface area contributed by atoms with Crippen molar-refractivity contribution in [1.29, 1.82) is 0 Å². The lowest BCUT2D eigenvalue weighted by Gasteiger charge is -2.38. The van der Waals surface area contributed by atoms with E-state index in [4.69, 9.17) is 5.73 Å². The molecule has 116 valence electrons. The number of rotatable bonds is 3. The fourth-order valence-corrected chi connectivity index (χ4v) is 3.84. The molecule has 2 fully saturated rings. The first-order valence-corrected chi connectivity index (χ1v) is 7.81. The Morgan fingerprint density at radius 1 is 1.14 bits per heavy atom. The van der Waals surface area contributed by atoms with Gasteiger partial charge >= 0.3 is 6.18 Å². The zero-order valence-corrected chi connectivity index (χ0v) is 12.1. The van der Waals surface area contributed by atoms with E-state index in [0.717, 1.165) is 31.2 Å². The van der Waals surface area contributed by atoms with Crippen molar-refractivity contribution in [2.24, 2.45) is 17.6 Å². The summed E-state index contributed by atoms with van der Waals surface area (Å²) in [6, 6.07) is 5.64. The van der Waals surface area contributed by atoms with Crippen molar-refractivity contribution in [2.45, 2.75) is 56.7 Å². The van der Waals surface area contributed by atoms with E-state index >= 15 is 0 Å². The summed E-state index contributed by atoms with van der Waals surface area (Å²) in [6.07, 6.45) is 3.14. The Bertz CT molecular complexity index is 507. The molecule has 0 amide bonds. The predicted molar refractivity (Wildman–Crippen MR) is 76.7 cm³/mol. The maximum absolute atomic E-state index is 12.8. The minimum Gasteiger partial charge on any atom is -0.325 e. The molecule has 0 aliphatic heterocycles. The standard InChI is InChI=1S/C17H22F3N/c18-17(19,20)15-5-1-3-12(9-15)10-16(21)8-2-4-14(11-16)13-6-7-13/h1,3,5,9,13-14H,2,4,6-8,10-11,21H2. The van der Waals surface area contributed by atoms with E-state index in [-0.39, 0.29) is 5.54 Å². The van der Waals surface area contributed by atoms with E-state index in [2.05, 4.69) is 0 Å². The number of halogens is 3. The van der Waals surface area contributed by atoms with E-state index in [1.807, 2.05) is 0 Å². The summed E-state index contributed by atoms with van der Waals surface area (Å²) in [5.41, 5.74) is 6.34. The fraction of sp³-hybridized carbons (Fsp3) is 0.647. The van der Waals surface area contributed by atoms with Crippen LogP contribution in [-0.2, 0) is 12.6 Å². The molecule has 1 aromatic carbocycles. The molecule has 4 heteroatoms. The Hall–Kier alpha value is -1.03. The molecule has 3 rings (SSSR count). The first kappa shape index (κ1) is 14.9. The highest BCUT2D eigenvalue weighted by Crippen LogP contribution is 2.46. The third-order valence-electron chi connectivity index (χ3n) is 5.02. The molecule has 2 aliphatic carbocycles. The van der Waals surface area contributed by atoms with Gasteiger partial charge in [0, 0.05) is 5.54 Å². The van der Waals surface area contributed by atoms with Gasteiger partial charge in [0.05, 0.1) is 5.56 Å². The largest absolute Gasteiger partial charge is 0.416 e. The Morgan fingerprint density at radius 3 is 2.57 bits per heavy atom. The summed E-state index contributed by atoms with van der Waals surface area (Å²) in [7, 11) is 0. The maximum Gasteiger partial charge on any atom is 0.416 e. The van der Waals surface area contributed by atoms with Crippen LogP contribution in [0.1, 0.15) is 49.7 Å². The molecule has 1 aromatic rings. The Balaban J connectivity index is 1.72. The number of alkyl halides is 3. The van der Waals surface area contributed by atoms with Gasteiger partial charge < -0.3 is 5.73 Å². The molecule has 21 heavy (non-hydrogen) atoms. The number of hydrogen-bond donors (Lipinski definition) is 1. The zero-order valence-electron chi connectivity index (χ0n) is 12.1. The van der Waals surface area contributed by atoms with Crippen LogP contribution in [0.5, 0.6) is 0 Å². The molecular formula is C17H22F3N. The molecule has 0 bridgehead atoms. The number of benzene rings is 1. The Kier molecular flexibility index (Phi) is 3.76. The highest BCUT2D eigenvalue weighted by molar-refractivity contribution is 5.27. The van der Waals surface area contributed by atoms with E-state index in [1.165, 1.54) is 31.4 Å². The summed E-state index contributed by atoms with van der Waals surface area (Å²) < 4.78 is 38.4. The van der Waals surface area contributed by atoms with Gasteiger partial charge in [-0.2, -0.15) is 13.2 Å². The van der Waals surface area contributed by atoms with Gasteiger partial charge in [0.1, 0.15) is 0 Å². The smallest absolute Gasteiger partial charge is 0.325 e. The fourth-order valence-electron chi connectivity index (χ4n) is 3.84. The van der Waals surface area contributed by atoms with Crippen LogP contribution in [0.25, 0.3) is 0 Å². The molecule has 2 unspecified atom stereocenters. The third-order valence-corrected chi connectivity index (χ3v) is 5.02. The number of hydrogen-bond acceptors (Lipinski definition) is 1. The lowest BCUT2D eigenvalue weighted by atomic mass is 9.71. The molecule has 2 atom stereocenters. The third kappa shape index (κ3) is 3.60. The van der Waals surface area contributed by atoms with Crippen LogP contribution in [0, 0.1) is 11.8 Å². The SMILES string of the molecule is NC1(Cc2cccc(C(F)(F)F)c2)CCCC(C2CC2)C1. The normalized spacial score (nSPS) is 30.4. The molecule has 2 aliphatic rings. The van der Waals surface area contributed by atoms with Crippen molar-refractivity contribution in [3.63, 3.8) is 0 Å². The zero-order chi connectivity index (χ0) is 15.1. The van der Waals surface area contributed by atoms with Gasteiger partial charge in [0.15, 0.2) is 0 Å². The molecule has 0 radical (unpaired) electrons. The topological polar surface area (TPSA) is 26.0 Å². The van der Waals surface area contributed by atoms with Crippen molar-refractivity contribution >= 4 is 0 Å².